The van der Waals surface area contributed by atoms with Gasteiger partial charge in [0.25, 0.3) is 5.91 Å². The number of halogens is 1. The molecule has 0 bridgehead atoms. The van der Waals surface area contributed by atoms with Gasteiger partial charge in [0.1, 0.15) is 5.15 Å². The van der Waals surface area contributed by atoms with Crippen LogP contribution in [0.1, 0.15) is 36.5 Å². The van der Waals surface area contributed by atoms with Crippen molar-refractivity contribution < 1.29 is 4.79 Å². The average Bonchev–Trinajstić information content (AvgIpc) is 2.47. The van der Waals surface area contributed by atoms with Crippen LogP contribution < -0.4 is 0 Å². The quantitative estimate of drug-likeness (QED) is 0.801. The molecule has 0 N–H and O–H groups in total. The van der Waals surface area contributed by atoms with Crippen molar-refractivity contribution in [2.75, 3.05) is 26.7 Å². The van der Waals surface area contributed by atoms with E-state index in [4.69, 9.17) is 11.6 Å². The van der Waals surface area contributed by atoms with E-state index in [1.165, 1.54) is 6.42 Å². The zero-order chi connectivity index (χ0) is 14.5. The molecule has 1 amide bonds. The standard InChI is InChI=1S/C15H22ClN3O/c1-3-8-19-9-5-13(6-10-19)18(2)15(20)12-4-7-17-14(16)11-12/h4,7,11,13H,3,5-6,8-10H2,1-2H3. The Balaban J connectivity index is 1.95. The van der Waals surface area contributed by atoms with E-state index in [1.54, 1.807) is 18.3 Å². The fourth-order valence-electron chi connectivity index (χ4n) is 2.75. The summed E-state index contributed by atoms with van der Waals surface area (Å²) in [5.41, 5.74) is 0.614. The molecule has 5 heteroatoms. The number of rotatable bonds is 4. The number of likely N-dealkylation sites (tertiary alicyclic amines) is 1. The van der Waals surface area contributed by atoms with Gasteiger partial charge in [0.15, 0.2) is 0 Å². The minimum Gasteiger partial charge on any atom is -0.339 e. The summed E-state index contributed by atoms with van der Waals surface area (Å²) in [5, 5.41) is 0.363. The van der Waals surface area contributed by atoms with E-state index < -0.39 is 0 Å². The third-order valence-electron chi connectivity index (χ3n) is 3.94. The number of carbonyl (C=O) groups excluding carboxylic acids is 1. The normalized spacial score (nSPS) is 17.1. The molecule has 0 saturated carbocycles. The SMILES string of the molecule is CCCN1CCC(N(C)C(=O)c2ccnc(Cl)c2)CC1. The van der Waals surface area contributed by atoms with Gasteiger partial charge in [-0.15, -0.1) is 0 Å². The molecule has 20 heavy (non-hydrogen) atoms. The van der Waals surface area contributed by atoms with Crippen LogP contribution in [0.5, 0.6) is 0 Å². The van der Waals surface area contributed by atoms with Crippen LogP contribution in [0.25, 0.3) is 0 Å². The van der Waals surface area contributed by atoms with Crippen LogP contribution in [0.2, 0.25) is 5.15 Å². The molecule has 1 aliphatic rings. The van der Waals surface area contributed by atoms with Crippen LogP contribution in [-0.4, -0.2) is 53.4 Å². The van der Waals surface area contributed by atoms with Crippen molar-refractivity contribution in [1.82, 2.24) is 14.8 Å². The van der Waals surface area contributed by atoms with Crippen molar-refractivity contribution in [3.63, 3.8) is 0 Å². The second-order valence-electron chi connectivity index (χ2n) is 5.36. The molecule has 1 saturated heterocycles. The lowest BCUT2D eigenvalue weighted by molar-refractivity contribution is 0.0642. The minimum absolute atomic E-state index is 0.0308. The molecule has 2 heterocycles. The molecule has 4 nitrogen and oxygen atoms in total. The molecule has 0 aromatic carbocycles. The van der Waals surface area contributed by atoms with E-state index in [2.05, 4.69) is 16.8 Å². The lowest BCUT2D eigenvalue weighted by atomic mass is 10.0. The second-order valence-corrected chi connectivity index (χ2v) is 5.74. The summed E-state index contributed by atoms with van der Waals surface area (Å²) in [6.45, 7) is 5.51. The van der Waals surface area contributed by atoms with Crippen molar-refractivity contribution in [3.05, 3.63) is 29.0 Å². The molecule has 0 spiro atoms. The first-order valence-electron chi connectivity index (χ1n) is 7.23. The number of hydrogen-bond donors (Lipinski definition) is 0. The van der Waals surface area contributed by atoms with Gasteiger partial charge in [-0.25, -0.2) is 4.98 Å². The second kappa shape index (κ2) is 7.04. The first kappa shape index (κ1) is 15.3. The zero-order valence-electron chi connectivity index (χ0n) is 12.2. The molecular weight excluding hydrogens is 274 g/mol. The number of hydrogen-bond acceptors (Lipinski definition) is 3. The van der Waals surface area contributed by atoms with Gasteiger partial charge >= 0.3 is 0 Å². The Morgan fingerprint density at radius 1 is 1.50 bits per heavy atom. The third-order valence-corrected chi connectivity index (χ3v) is 4.15. The van der Waals surface area contributed by atoms with Crippen LogP contribution in [0, 0.1) is 0 Å². The Hall–Kier alpha value is -1.13. The third kappa shape index (κ3) is 3.70. The van der Waals surface area contributed by atoms with Crippen molar-refractivity contribution in [2.24, 2.45) is 0 Å². The summed E-state index contributed by atoms with van der Waals surface area (Å²) in [7, 11) is 1.89. The van der Waals surface area contributed by atoms with Gasteiger partial charge in [0.05, 0.1) is 0 Å². The van der Waals surface area contributed by atoms with E-state index >= 15 is 0 Å². The lowest BCUT2D eigenvalue weighted by Crippen LogP contribution is -2.45. The van der Waals surface area contributed by atoms with Gasteiger partial charge in [-0.05, 0) is 37.9 Å². The zero-order valence-corrected chi connectivity index (χ0v) is 12.9. The predicted molar refractivity (Wildman–Crippen MR) is 81.1 cm³/mol. The Morgan fingerprint density at radius 2 is 2.20 bits per heavy atom. The van der Waals surface area contributed by atoms with Crippen LogP contribution >= 0.6 is 11.6 Å². The summed E-state index contributed by atoms with van der Waals surface area (Å²) in [6, 6.07) is 3.67. The molecule has 110 valence electrons. The number of aromatic nitrogens is 1. The molecule has 1 aliphatic heterocycles. The van der Waals surface area contributed by atoms with E-state index in [-0.39, 0.29) is 5.91 Å². The predicted octanol–water partition coefficient (Wildman–Crippen LogP) is 2.68. The maximum atomic E-state index is 12.4. The van der Waals surface area contributed by atoms with Gasteiger partial charge in [-0.3, -0.25) is 4.79 Å². The van der Waals surface area contributed by atoms with Gasteiger partial charge in [-0.1, -0.05) is 18.5 Å². The van der Waals surface area contributed by atoms with Gasteiger partial charge in [-0.2, -0.15) is 0 Å². The smallest absolute Gasteiger partial charge is 0.254 e. The first-order valence-corrected chi connectivity index (χ1v) is 7.60. The highest BCUT2D eigenvalue weighted by molar-refractivity contribution is 6.29. The Morgan fingerprint density at radius 3 is 2.80 bits per heavy atom. The monoisotopic (exact) mass is 295 g/mol. The highest BCUT2D eigenvalue weighted by Gasteiger charge is 2.25. The molecule has 1 aromatic heterocycles. The van der Waals surface area contributed by atoms with Crippen LogP contribution in [0.15, 0.2) is 18.3 Å². The van der Waals surface area contributed by atoms with Gasteiger partial charge < -0.3 is 9.80 Å². The molecular formula is C15H22ClN3O. The topological polar surface area (TPSA) is 36.4 Å². The fraction of sp³-hybridized carbons (Fsp3) is 0.600. The van der Waals surface area contributed by atoms with E-state index in [0.717, 1.165) is 32.5 Å². The van der Waals surface area contributed by atoms with Crippen molar-refractivity contribution in [3.8, 4) is 0 Å². The summed E-state index contributed by atoms with van der Waals surface area (Å²) >= 11 is 5.84. The van der Waals surface area contributed by atoms with Crippen LogP contribution in [0.3, 0.4) is 0 Å². The van der Waals surface area contributed by atoms with Crippen LogP contribution in [0.4, 0.5) is 0 Å². The number of amides is 1. The minimum atomic E-state index is 0.0308. The number of pyridine rings is 1. The van der Waals surface area contributed by atoms with E-state index in [9.17, 15) is 4.79 Å². The number of piperidine rings is 1. The van der Waals surface area contributed by atoms with Crippen LogP contribution in [-0.2, 0) is 0 Å². The Labute approximate surface area is 125 Å². The van der Waals surface area contributed by atoms with Gasteiger partial charge in [0.2, 0.25) is 0 Å². The molecule has 0 radical (unpaired) electrons. The van der Waals surface area contributed by atoms with Crippen molar-refractivity contribution in [1.29, 1.82) is 0 Å². The summed E-state index contributed by atoms with van der Waals surface area (Å²) < 4.78 is 0. The molecule has 0 aliphatic carbocycles. The summed E-state index contributed by atoms with van der Waals surface area (Å²) in [6.07, 6.45) is 4.85. The molecule has 1 fully saturated rings. The maximum Gasteiger partial charge on any atom is 0.254 e. The first-order chi connectivity index (χ1) is 9.61. The highest BCUT2D eigenvalue weighted by Crippen LogP contribution is 2.18. The summed E-state index contributed by atoms with van der Waals surface area (Å²) in [4.78, 5) is 20.7. The van der Waals surface area contributed by atoms with Crippen molar-refractivity contribution in [2.45, 2.75) is 32.2 Å². The van der Waals surface area contributed by atoms with Gasteiger partial charge in [0, 0.05) is 37.9 Å². The van der Waals surface area contributed by atoms with E-state index in [0.29, 0.717) is 16.8 Å². The Kier molecular flexibility index (Phi) is 5.38. The molecule has 0 unspecified atom stereocenters. The highest BCUT2D eigenvalue weighted by atomic mass is 35.5. The molecule has 0 atom stereocenters. The molecule has 1 aromatic rings. The largest absolute Gasteiger partial charge is 0.339 e. The number of nitrogens with zero attached hydrogens (tertiary/aromatic N) is 3. The lowest BCUT2D eigenvalue weighted by Gasteiger charge is -2.36. The summed E-state index contributed by atoms with van der Waals surface area (Å²) in [5.74, 6) is 0.0308. The Bertz CT molecular complexity index is 458. The fourth-order valence-corrected chi connectivity index (χ4v) is 2.93. The van der Waals surface area contributed by atoms with E-state index in [1.807, 2.05) is 11.9 Å². The van der Waals surface area contributed by atoms with Crippen molar-refractivity contribution >= 4 is 17.5 Å². The number of carbonyl (C=O) groups is 1. The maximum absolute atomic E-state index is 12.4. The molecule has 2 rings (SSSR count). The average molecular weight is 296 g/mol.